The van der Waals surface area contributed by atoms with Crippen LogP contribution in [0.15, 0.2) is 16.7 Å². The lowest BCUT2D eigenvalue weighted by Gasteiger charge is -2.42. The van der Waals surface area contributed by atoms with Gasteiger partial charge >= 0.3 is 5.97 Å². The number of carbonyl (C=O) groups excluding carboxylic acids is 1. The quantitative estimate of drug-likeness (QED) is 0.799. The second-order valence-electron chi connectivity index (χ2n) is 4.63. The molecule has 0 unspecified atom stereocenters. The van der Waals surface area contributed by atoms with Crippen LogP contribution in [-0.4, -0.2) is 18.6 Å². The van der Waals surface area contributed by atoms with Crippen molar-refractivity contribution in [1.29, 1.82) is 0 Å². The Morgan fingerprint density at radius 1 is 1.59 bits per heavy atom. The molecule has 4 nitrogen and oxygen atoms in total. The van der Waals surface area contributed by atoms with E-state index >= 15 is 0 Å². The Labute approximate surface area is 101 Å². The summed E-state index contributed by atoms with van der Waals surface area (Å²) in [6.45, 7) is 2.87. The lowest BCUT2D eigenvalue weighted by molar-refractivity contribution is 0.0600. The van der Waals surface area contributed by atoms with Crippen LogP contribution in [0.2, 0.25) is 0 Å². The van der Waals surface area contributed by atoms with Crippen LogP contribution in [0.5, 0.6) is 0 Å². The van der Waals surface area contributed by atoms with Crippen molar-refractivity contribution in [3.8, 4) is 0 Å². The third kappa shape index (κ3) is 2.52. The molecular weight excluding hydrogens is 218 g/mol. The highest BCUT2D eigenvalue weighted by molar-refractivity contribution is 5.88. The van der Waals surface area contributed by atoms with Crippen LogP contribution in [0.25, 0.3) is 0 Å². The van der Waals surface area contributed by atoms with Gasteiger partial charge in [0.25, 0.3) is 0 Å². The van der Waals surface area contributed by atoms with Crippen LogP contribution < -0.4 is 5.32 Å². The van der Waals surface area contributed by atoms with Crippen molar-refractivity contribution in [1.82, 2.24) is 5.32 Å². The van der Waals surface area contributed by atoms with Crippen molar-refractivity contribution in [3.63, 3.8) is 0 Å². The molecule has 0 amide bonds. The summed E-state index contributed by atoms with van der Waals surface area (Å²) in [6, 6.07) is 1.74. The number of esters is 1. The number of ether oxygens (including phenoxy) is 1. The second-order valence-corrected chi connectivity index (χ2v) is 4.63. The molecule has 0 radical (unpaired) electrons. The van der Waals surface area contributed by atoms with Gasteiger partial charge in [0.05, 0.1) is 19.2 Å². The molecule has 0 aliphatic heterocycles. The molecule has 4 heteroatoms. The molecule has 1 saturated carbocycles. The summed E-state index contributed by atoms with van der Waals surface area (Å²) in [7, 11) is 1.37. The third-order valence-electron chi connectivity index (χ3n) is 3.70. The monoisotopic (exact) mass is 237 g/mol. The molecule has 1 fully saturated rings. The molecule has 17 heavy (non-hydrogen) atoms. The Bertz CT molecular complexity index is 388. The molecule has 2 rings (SSSR count). The molecule has 0 saturated heterocycles. The van der Waals surface area contributed by atoms with Crippen molar-refractivity contribution in [3.05, 3.63) is 23.7 Å². The average molecular weight is 237 g/mol. The first-order valence-electron chi connectivity index (χ1n) is 6.10. The van der Waals surface area contributed by atoms with Gasteiger partial charge in [0.1, 0.15) is 12.0 Å². The number of nitrogens with one attached hydrogen (secondary N) is 1. The first-order valence-corrected chi connectivity index (χ1v) is 6.10. The van der Waals surface area contributed by atoms with E-state index in [0.717, 1.165) is 12.2 Å². The molecule has 1 aliphatic rings. The van der Waals surface area contributed by atoms with E-state index in [9.17, 15) is 4.79 Å². The highest BCUT2D eigenvalue weighted by Gasteiger charge is 2.34. The van der Waals surface area contributed by atoms with E-state index in [-0.39, 0.29) is 11.5 Å². The Morgan fingerprint density at radius 2 is 2.35 bits per heavy atom. The topological polar surface area (TPSA) is 51.5 Å². The van der Waals surface area contributed by atoms with E-state index in [1.807, 2.05) is 0 Å². The number of furan rings is 1. The van der Waals surface area contributed by atoms with Crippen molar-refractivity contribution >= 4 is 5.97 Å². The summed E-state index contributed by atoms with van der Waals surface area (Å²) >= 11 is 0. The highest BCUT2D eigenvalue weighted by Crippen LogP contribution is 2.34. The Morgan fingerprint density at radius 3 is 2.88 bits per heavy atom. The van der Waals surface area contributed by atoms with Gasteiger partial charge in [0, 0.05) is 5.54 Å². The molecule has 1 heterocycles. The fraction of sp³-hybridized carbons (Fsp3) is 0.615. The number of hydrogen-bond acceptors (Lipinski definition) is 4. The van der Waals surface area contributed by atoms with Crippen LogP contribution in [0.1, 0.15) is 48.7 Å². The summed E-state index contributed by atoms with van der Waals surface area (Å²) in [5, 5.41) is 3.52. The Hall–Kier alpha value is -1.29. The molecule has 0 aromatic carbocycles. The van der Waals surface area contributed by atoms with Gasteiger partial charge in [-0.3, -0.25) is 0 Å². The minimum atomic E-state index is -0.353. The molecule has 0 bridgehead atoms. The molecule has 1 aromatic heterocycles. The normalized spacial score (nSPS) is 17.5. The zero-order valence-corrected chi connectivity index (χ0v) is 10.4. The Kier molecular flexibility index (Phi) is 3.52. The first-order chi connectivity index (χ1) is 8.19. The van der Waals surface area contributed by atoms with E-state index in [1.165, 1.54) is 32.6 Å². The van der Waals surface area contributed by atoms with E-state index in [4.69, 9.17) is 4.42 Å². The maximum atomic E-state index is 11.2. The second kappa shape index (κ2) is 4.92. The molecule has 0 spiro atoms. The number of hydrogen-bond donors (Lipinski definition) is 1. The maximum Gasteiger partial charge on any atom is 0.341 e. The SMILES string of the molecule is CCC1(NCc2cc(C(=O)OC)co2)CCC1. The zero-order chi connectivity index (χ0) is 12.3. The van der Waals surface area contributed by atoms with Crippen molar-refractivity contribution in [2.75, 3.05) is 7.11 Å². The maximum absolute atomic E-state index is 11.2. The van der Waals surface area contributed by atoms with E-state index in [2.05, 4.69) is 17.0 Å². The molecule has 94 valence electrons. The van der Waals surface area contributed by atoms with Gasteiger partial charge in [-0.1, -0.05) is 6.92 Å². The number of rotatable bonds is 5. The van der Waals surface area contributed by atoms with Crippen molar-refractivity contribution in [2.45, 2.75) is 44.7 Å². The third-order valence-corrected chi connectivity index (χ3v) is 3.70. The molecule has 0 atom stereocenters. The number of carbonyl (C=O) groups is 1. The van der Waals surface area contributed by atoms with Crippen LogP contribution in [0.3, 0.4) is 0 Å². The van der Waals surface area contributed by atoms with Gasteiger partial charge in [-0.05, 0) is 31.7 Å². The van der Waals surface area contributed by atoms with E-state index in [1.54, 1.807) is 6.07 Å². The lowest BCUT2D eigenvalue weighted by atomic mass is 9.75. The van der Waals surface area contributed by atoms with Crippen LogP contribution >= 0.6 is 0 Å². The van der Waals surface area contributed by atoms with E-state index < -0.39 is 0 Å². The zero-order valence-electron chi connectivity index (χ0n) is 10.4. The van der Waals surface area contributed by atoms with Crippen LogP contribution in [0, 0.1) is 0 Å². The van der Waals surface area contributed by atoms with Gasteiger partial charge in [-0.2, -0.15) is 0 Å². The summed E-state index contributed by atoms with van der Waals surface area (Å²) in [6.07, 6.45) is 6.34. The molecule has 1 aromatic rings. The van der Waals surface area contributed by atoms with E-state index in [0.29, 0.717) is 12.1 Å². The largest absolute Gasteiger partial charge is 0.467 e. The van der Waals surface area contributed by atoms with Gasteiger partial charge < -0.3 is 14.5 Å². The van der Waals surface area contributed by atoms with Gasteiger partial charge in [-0.25, -0.2) is 4.79 Å². The van der Waals surface area contributed by atoms with Gasteiger partial charge in [-0.15, -0.1) is 0 Å². The van der Waals surface area contributed by atoms with Crippen molar-refractivity contribution < 1.29 is 13.9 Å². The fourth-order valence-electron chi connectivity index (χ4n) is 2.23. The minimum absolute atomic E-state index is 0.290. The first kappa shape index (κ1) is 12.2. The van der Waals surface area contributed by atoms with Gasteiger partial charge in [0.15, 0.2) is 0 Å². The lowest BCUT2D eigenvalue weighted by Crippen LogP contribution is -2.49. The summed E-state index contributed by atoms with van der Waals surface area (Å²) < 4.78 is 9.96. The predicted molar refractivity (Wildman–Crippen MR) is 63.8 cm³/mol. The van der Waals surface area contributed by atoms with Gasteiger partial charge in [0.2, 0.25) is 0 Å². The molecule has 1 aliphatic carbocycles. The molecular formula is C13H19NO3. The standard InChI is InChI=1S/C13H19NO3/c1-3-13(5-4-6-13)14-8-11-7-10(9-17-11)12(15)16-2/h7,9,14H,3-6,8H2,1-2H3. The summed E-state index contributed by atoms with van der Waals surface area (Å²) in [5.74, 6) is 0.430. The fourth-order valence-corrected chi connectivity index (χ4v) is 2.23. The average Bonchev–Trinajstić information content (AvgIpc) is 2.76. The molecule has 1 N–H and O–H groups in total. The summed E-state index contributed by atoms with van der Waals surface area (Å²) in [4.78, 5) is 11.2. The van der Waals surface area contributed by atoms with Crippen molar-refractivity contribution in [2.24, 2.45) is 0 Å². The Balaban J connectivity index is 1.91. The van der Waals surface area contributed by atoms with Crippen LogP contribution in [0.4, 0.5) is 0 Å². The summed E-state index contributed by atoms with van der Waals surface area (Å²) in [5.41, 5.74) is 0.765. The predicted octanol–water partition coefficient (Wildman–Crippen LogP) is 2.49. The van der Waals surface area contributed by atoms with Crippen LogP contribution in [-0.2, 0) is 11.3 Å². The smallest absolute Gasteiger partial charge is 0.341 e. The number of methoxy groups -OCH3 is 1. The highest BCUT2D eigenvalue weighted by atomic mass is 16.5. The minimum Gasteiger partial charge on any atom is -0.467 e.